The molecule has 0 atom stereocenters. The molecule has 3 aromatic carbocycles. The van der Waals surface area contributed by atoms with Crippen LogP contribution in [0.4, 0.5) is 11.8 Å². The van der Waals surface area contributed by atoms with Crippen LogP contribution in [0.3, 0.4) is 0 Å². The second-order valence-corrected chi connectivity index (χ2v) is 9.38. The molecule has 1 aromatic heterocycles. The van der Waals surface area contributed by atoms with E-state index in [4.69, 9.17) is 9.97 Å². The number of benzene rings is 3. The molecule has 1 fully saturated rings. The maximum absolute atomic E-state index is 4.82. The van der Waals surface area contributed by atoms with Crippen molar-refractivity contribution in [2.75, 3.05) is 24.3 Å². The van der Waals surface area contributed by atoms with Crippen LogP contribution in [-0.2, 0) is 6.54 Å². The predicted octanol–water partition coefficient (Wildman–Crippen LogP) is 5.88. The number of nitrogens with one attached hydrogen (secondary N) is 2. The fourth-order valence-electron chi connectivity index (χ4n) is 4.92. The van der Waals surface area contributed by atoms with E-state index in [-0.39, 0.29) is 0 Å². The second kappa shape index (κ2) is 10.2. The van der Waals surface area contributed by atoms with Crippen LogP contribution in [0.2, 0.25) is 0 Å². The first-order valence-electron chi connectivity index (χ1n) is 12.2. The lowest BCUT2D eigenvalue weighted by atomic mass is 9.91. The van der Waals surface area contributed by atoms with Gasteiger partial charge in [-0.2, -0.15) is 4.98 Å². The summed E-state index contributed by atoms with van der Waals surface area (Å²) in [6, 6.07) is 28.5. The zero-order valence-electron chi connectivity index (χ0n) is 20.0. The summed E-state index contributed by atoms with van der Waals surface area (Å²) >= 11 is 0. The molecule has 4 aromatic rings. The SMILES string of the molecule is CN(C)c1nc(N[C@H]2CC[C@@H](NCc3ccccc3-c3ccccc3)CC2)nc2ccccc12. The number of para-hydroxylation sites is 1. The summed E-state index contributed by atoms with van der Waals surface area (Å²) in [5.41, 5.74) is 4.93. The molecule has 0 unspecified atom stereocenters. The third-order valence-corrected chi connectivity index (χ3v) is 6.75. The monoisotopic (exact) mass is 451 g/mol. The second-order valence-electron chi connectivity index (χ2n) is 9.38. The van der Waals surface area contributed by atoms with Gasteiger partial charge in [0.15, 0.2) is 0 Å². The molecule has 0 saturated heterocycles. The first-order valence-corrected chi connectivity index (χ1v) is 12.2. The van der Waals surface area contributed by atoms with Crippen LogP contribution in [0.1, 0.15) is 31.2 Å². The summed E-state index contributed by atoms with van der Waals surface area (Å²) in [6.45, 7) is 0.897. The zero-order valence-corrected chi connectivity index (χ0v) is 20.0. The minimum atomic E-state index is 0.408. The Labute approximate surface area is 202 Å². The number of hydrogen-bond donors (Lipinski definition) is 2. The van der Waals surface area contributed by atoms with Gasteiger partial charge in [-0.25, -0.2) is 4.98 Å². The molecule has 1 saturated carbocycles. The van der Waals surface area contributed by atoms with Crippen molar-refractivity contribution < 1.29 is 0 Å². The van der Waals surface area contributed by atoms with Crippen LogP contribution in [0.5, 0.6) is 0 Å². The lowest BCUT2D eigenvalue weighted by molar-refractivity contribution is 0.352. The van der Waals surface area contributed by atoms with Gasteiger partial charge in [-0.15, -0.1) is 0 Å². The summed E-state index contributed by atoms with van der Waals surface area (Å²) in [4.78, 5) is 11.7. The highest BCUT2D eigenvalue weighted by Gasteiger charge is 2.22. The topological polar surface area (TPSA) is 53.1 Å². The number of aromatic nitrogens is 2. The van der Waals surface area contributed by atoms with E-state index in [1.54, 1.807) is 0 Å². The Morgan fingerprint density at radius 3 is 2.24 bits per heavy atom. The molecule has 34 heavy (non-hydrogen) atoms. The quantitative estimate of drug-likeness (QED) is 0.368. The molecule has 1 aliphatic carbocycles. The molecule has 0 bridgehead atoms. The number of nitrogens with zero attached hydrogens (tertiary/aromatic N) is 3. The Morgan fingerprint density at radius 2 is 1.44 bits per heavy atom. The van der Waals surface area contributed by atoms with Gasteiger partial charge in [-0.3, -0.25) is 0 Å². The Kier molecular flexibility index (Phi) is 6.72. The van der Waals surface area contributed by atoms with Gasteiger partial charge in [0.25, 0.3) is 0 Å². The van der Waals surface area contributed by atoms with Crippen molar-refractivity contribution in [3.05, 3.63) is 84.4 Å². The van der Waals surface area contributed by atoms with Gasteiger partial charge < -0.3 is 15.5 Å². The summed E-state index contributed by atoms with van der Waals surface area (Å²) in [6.07, 6.45) is 4.54. The third-order valence-electron chi connectivity index (χ3n) is 6.75. The highest BCUT2D eigenvalue weighted by molar-refractivity contribution is 5.90. The highest BCUT2D eigenvalue weighted by atomic mass is 15.2. The summed E-state index contributed by atoms with van der Waals surface area (Å²) in [7, 11) is 4.07. The molecule has 0 amide bonds. The molecule has 5 heteroatoms. The molecule has 0 spiro atoms. The smallest absolute Gasteiger partial charge is 0.225 e. The van der Waals surface area contributed by atoms with E-state index >= 15 is 0 Å². The Bertz CT molecular complexity index is 1230. The van der Waals surface area contributed by atoms with E-state index in [0.29, 0.717) is 12.1 Å². The van der Waals surface area contributed by atoms with E-state index in [1.807, 2.05) is 26.2 Å². The minimum Gasteiger partial charge on any atom is -0.362 e. The average molecular weight is 452 g/mol. The molecular weight excluding hydrogens is 418 g/mol. The molecule has 2 N–H and O–H groups in total. The first-order chi connectivity index (χ1) is 16.7. The predicted molar refractivity (Wildman–Crippen MR) is 142 cm³/mol. The van der Waals surface area contributed by atoms with Crippen LogP contribution >= 0.6 is 0 Å². The van der Waals surface area contributed by atoms with Crippen molar-refractivity contribution in [1.82, 2.24) is 15.3 Å². The molecule has 0 radical (unpaired) electrons. The van der Waals surface area contributed by atoms with Crippen molar-refractivity contribution in [2.24, 2.45) is 0 Å². The van der Waals surface area contributed by atoms with Crippen LogP contribution in [0.15, 0.2) is 78.9 Å². The van der Waals surface area contributed by atoms with Crippen molar-refractivity contribution >= 4 is 22.7 Å². The summed E-state index contributed by atoms with van der Waals surface area (Å²) in [5, 5.41) is 8.52. The maximum Gasteiger partial charge on any atom is 0.225 e. The van der Waals surface area contributed by atoms with E-state index in [9.17, 15) is 0 Å². The summed E-state index contributed by atoms with van der Waals surface area (Å²) < 4.78 is 0. The lowest BCUT2D eigenvalue weighted by Crippen LogP contribution is -2.37. The zero-order chi connectivity index (χ0) is 23.3. The van der Waals surface area contributed by atoms with Gasteiger partial charge in [0.1, 0.15) is 5.82 Å². The fraction of sp³-hybridized carbons (Fsp3) is 0.310. The van der Waals surface area contributed by atoms with Gasteiger partial charge in [0.05, 0.1) is 5.52 Å². The number of anilines is 2. The molecule has 5 rings (SSSR count). The molecule has 1 aliphatic rings. The van der Waals surface area contributed by atoms with Gasteiger partial charge >= 0.3 is 0 Å². The van der Waals surface area contributed by atoms with Crippen molar-refractivity contribution in [3.63, 3.8) is 0 Å². The molecule has 174 valence electrons. The first kappa shape index (κ1) is 22.4. The van der Waals surface area contributed by atoms with Crippen LogP contribution in [0.25, 0.3) is 22.0 Å². The highest BCUT2D eigenvalue weighted by Crippen LogP contribution is 2.27. The fourth-order valence-corrected chi connectivity index (χ4v) is 4.92. The average Bonchev–Trinajstić information content (AvgIpc) is 2.88. The van der Waals surface area contributed by atoms with Crippen LogP contribution < -0.4 is 15.5 Å². The van der Waals surface area contributed by atoms with E-state index in [0.717, 1.165) is 54.9 Å². The van der Waals surface area contributed by atoms with E-state index < -0.39 is 0 Å². The number of fused-ring (bicyclic) bond motifs is 1. The van der Waals surface area contributed by atoms with Crippen molar-refractivity contribution in [2.45, 2.75) is 44.3 Å². The molecular formula is C29H33N5. The van der Waals surface area contributed by atoms with Gasteiger partial charge in [0.2, 0.25) is 5.95 Å². The molecule has 1 heterocycles. The Hall–Kier alpha value is -3.44. The third kappa shape index (κ3) is 5.05. The van der Waals surface area contributed by atoms with Crippen LogP contribution in [0, 0.1) is 0 Å². The minimum absolute atomic E-state index is 0.408. The summed E-state index contributed by atoms with van der Waals surface area (Å²) in [5.74, 6) is 1.69. The van der Waals surface area contributed by atoms with Crippen molar-refractivity contribution in [1.29, 1.82) is 0 Å². The van der Waals surface area contributed by atoms with Crippen LogP contribution in [-0.4, -0.2) is 36.1 Å². The molecule has 0 aliphatic heterocycles. The Balaban J connectivity index is 1.19. The van der Waals surface area contributed by atoms with Crippen molar-refractivity contribution in [3.8, 4) is 11.1 Å². The standard InChI is InChI=1S/C29H33N5/c1-34(2)28-26-14-8-9-15-27(26)32-29(33-28)31-24-18-16-23(17-19-24)30-20-22-12-6-7-13-25(22)21-10-4-3-5-11-21/h3-15,23-24,30H,16-20H2,1-2H3,(H,31,32,33)/t23-,24+. The normalized spacial score (nSPS) is 18.1. The van der Waals surface area contributed by atoms with E-state index in [1.165, 1.54) is 16.7 Å². The molecule has 5 nitrogen and oxygen atoms in total. The Morgan fingerprint density at radius 1 is 0.765 bits per heavy atom. The largest absolute Gasteiger partial charge is 0.362 e. The van der Waals surface area contributed by atoms with Gasteiger partial charge in [-0.05, 0) is 54.5 Å². The maximum atomic E-state index is 4.82. The van der Waals surface area contributed by atoms with Gasteiger partial charge in [-0.1, -0.05) is 66.7 Å². The lowest BCUT2D eigenvalue weighted by Gasteiger charge is -2.30. The van der Waals surface area contributed by atoms with Gasteiger partial charge in [0, 0.05) is 38.1 Å². The number of rotatable bonds is 7. The van der Waals surface area contributed by atoms with E-state index in [2.05, 4.69) is 82.3 Å². The number of hydrogen-bond acceptors (Lipinski definition) is 5.